The van der Waals surface area contributed by atoms with Crippen LogP contribution in [0, 0.1) is 0 Å². The molecule has 0 spiro atoms. The standard InChI is InChI=1S/C19H18N4O/c24-19(22-20-17-11-9-13-5-1-3-7-15(13)17)23-21-18-12-10-14-6-2-4-8-16(14)18/h1-8H,9-12H2,(H2,22,23,24)/b20-17-,21-18-. The molecule has 0 unspecified atom stereocenters. The molecule has 0 aliphatic heterocycles. The number of rotatable bonds is 2. The van der Waals surface area contributed by atoms with E-state index in [-0.39, 0.29) is 0 Å². The van der Waals surface area contributed by atoms with Crippen LogP contribution < -0.4 is 10.9 Å². The van der Waals surface area contributed by atoms with Crippen molar-refractivity contribution in [2.24, 2.45) is 10.2 Å². The number of fused-ring (bicyclic) bond motifs is 2. The van der Waals surface area contributed by atoms with Gasteiger partial charge in [-0.1, -0.05) is 48.5 Å². The minimum absolute atomic E-state index is 0.413. The van der Waals surface area contributed by atoms with Crippen molar-refractivity contribution in [2.45, 2.75) is 25.7 Å². The molecule has 2 aromatic rings. The van der Waals surface area contributed by atoms with Crippen LogP contribution in [0.1, 0.15) is 35.1 Å². The summed E-state index contributed by atoms with van der Waals surface area (Å²) in [5.74, 6) is 0. The molecule has 0 bridgehead atoms. The highest BCUT2D eigenvalue weighted by Crippen LogP contribution is 2.22. The summed E-state index contributed by atoms with van der Waals surface area (Å²) in [5, 5.41) is 8.48. The molecule has 2 aromatic carbocycles. The van der Waals surface area contributed by atoms with Crippen molar-refractivity contribution < 1.29 is 4.79 Å². The van der Waals surface area contributed by atoms with Crippen LogP contribution in [0.15, 0.2) is 58.7 Å². The normalized spacial score (nSPS) is 18.5. The van der Waals surface area contributed by atoms with Crippen LogP contribution in [0.3, 0.4) is 0 Å². The Hall–Kier alpha value is -2.95. The molecule has 2 aliphatic carbocycles. The lowest BCUT2D eigenvalue weighted by atomic mass is 10.1. The van der Waals surface area contributed by atoms with Gasteiger partial charge in [-0.2, -0.15) is 10.2 Å². The molecule has 0 radical (unpaired) electrons. The quantitative estimate of drug-likeness (QED) is 0.821. The highest BCUT2D eigenvalue weighted by molar-refractivity contribution is 6.05. The third-order valence-electron chi connectivity index (χ3n) is 4.50. The molecule has 0 fully saturated rings. The molecule has 2 aliphatic rings. The molecular weight excluding hydrogens is 300 g/mol. The fraction of sp³-hybridized carbons (Fsp3) is 0.211. The molecular formula is C19H18N4O. The van der Waals surface area contributed by atoms with Gasteiger partial charge in [0.15, 0.2) is 0 Å². The summed E-state index contributed by atoms with van der Waals surface area (Å²) in [6.07, 6.45) is 3.64. The first-order chi connectivity index (χ1) is 11.8. The highest BCUT2D eigenvalue weighted by atomic mass is 16.2. The van der Waals surface area contributed by atoms with E-state index in [1.807, 2.05) is 36.4 Å². The number of hydrogen-bond acceptors (Lipinski definition) is 3. The Balaban J connectivity index is 1.40. The molecule has 0 atom stereocenters. The average Bonchev–Trinajstić information content (AvgIpc) is 3.22. The molecule has 5 heteroatoms. The molecule has 24 heavy (non-hydrogen) atoms. The van der Waals surface area contributed by atoms with Crippen LogP contribution in [0.5, 0.6) is 0 Å². The van der Waals surface area contributed by atoms with E-state index in [0.717, 1.165) is 48.2 Å². The molecule has 5 nitrogen and oxygen atoms in total. The Morgan fingerprint density at radius 2 is 1.17 bits per heavy atom. The van der Waals surface area contributed by atoms with Crippen molar-refractivity contribution in [3.63, 3.8) is 0 Å². The van der Waals surface area contributed by atoms with Crippen LogP contribution in [0.4, 0.5) is 4.79 Å². The van der Waals surface area contributed by atoms with Crippen LogP contribution in [0.2, 0.25) is 0 Å². The zero-order chi connectivity index (χ0) is 16.4. The highest BCUT2D eigenvalue weighted by Gasteiger charge is 2.18. The second-order valence-corrected chi connectivity index (χ2v) is 5.98. The summed E-state index contributed by atoms with van der Waals surface area (Å²) in [5.41, 5.74) is 11.7. The molecule has 0 saturated heterocycles. The minimum atomic E-state index is -0.413. The van der Waals surface area contributed by atoms with Gasteiger partial charge in [0.05, 0.1) is 11.4 Å². The number of nitrogens with zero attached hydrogens (tertiary/aromatic N) is 2. The van der Waals surface area contributed by atoms with Gasteiger partial charge in [-0.15, -0.1) is 0 Å². The first-order valence-electron chi connectivity index (χ1n) is 8.17. The monoisotopic (exact) mass is 318 g/mol. The topological polar surface area (TPSA) is 65.8 Å². The number of aryl methyl sites for hydroxylation is 2. The number of benzene rings is 2. The van der Waals surface area contributed by atoms with Crippen molar-refractivity contribution in [2.75, 3.05) is 0 Å². The maximum atomic E-state index is 11.9. The second-order valence-electron chi connectivity index (χ2n) is 5.98. The Kier molecular flexibility index (Phi) is 3.83. The second kappa shape index (κ2) is 6.28. The Labute approximate surface area is 140 Å². The lowest BCUT2D eigenvalue weighted by molar-refractivity contribution is 0.242. The zero-order valence-electron chi connectivity index (χ0n) is 13.2. The SMILES string of the molecule is O=C(N/N=C1/CCc2ccccc21)N/N=C1/CCc2ccccc21. The summed E-state index contributed by atoms with van der Waals surface area (Å²) in [7, 11) is 0. The average molecular weight is 318 g/mol. The minimum Gasteiger partial charge on any atom is -0.245 e. The summed E-state index contributed by atoms with van der Waals surface area (Å²) in [4.78, 5) is 11.9. The summed E-state index contributed by atoms with van der Waals surface area (Å²) >= 11 is 0. The van der Waals surface area contributed by atoms with Gasteiger partial charge in [0.1, 0.15) is 0 Å². The smallest absolute Gasteiger partial charge is 0.245 e. The van der Waals surface area contributed by atoms with Gasteiger partial charge in [0.25, 0.3) is 0 Å². The Bertz CT molecular complexity index is 784. The number of carbonyl (C=O) groups is 1. The van der Waals surface area contributed by atoms with Crippen LogP contribution in [-0.4, -0.2) is 17.5 Å². The third-order valence-corrected chi connectivity index (χ3v) is 4.50. The number of carbonyl (C=O) groups excluding carboxylic acids is 1. The van der Waals surface area contributed by atoms with Crippen LogP contribution in [0.25, 0.3) is 0 Å². The van der Waals surface area contributed by atoms with Gasteiger partial charge < -0.3 is 0 Å². The Morgan fingerprint density at radius 3 is 1.67 bits per heavy atom. The van der Waals surface area contributed by atoms with Gasteiger partial charge >= 0.3 is 6.03 Å². The van der Waals surface area contributed by atoms with E-state index in [0.29, 0.717) is 0 Å². The molecule has 0 heterocycles. The maximum Gasteiger partial charge on any atom is 0.355 e. The fourth-order valence-corrected chi connectivity index (χ4v) is 3.31. The number of hydrazone groups is 2. The van der Waals surface area contributed by atoms with Crippen LogP contribution >= 0.6 is 0 Å². The summed E-state index contributed by atoms with van der Waals surface area (Å²) in [6, 6.07) is 15.9. The molecule has 2 N–H and O–H groups in total. The first-order valence-corrected chi connectivity index (χ1v) is 8.17. The van der Waals surface area contributed by atoms with Gasteiger partial charge in [0.2, 0.25) is 0 Å². The van der Waals surface area contributed by atoms with Gasteiger partial charge in [-0.25, -0.2) is 15.6 Å². The summed E-state index contributed by atoms with van der Waals surface area (Å²) in [6.45, 7) is 0. The van der Waals surface area contributed by atoms with Crippen molar-refractivity contribution in [3.8, 4) is 0 Å². The van der Waals surface area contributed by atoms with Gasteiger partial charge in [-0.05, 0) is 36.8 Å². The number of nitrogens with one attached hydrogen (secondary N) is 2. The predicted octanol–water partition coefficient (Wildman–Crippen LogP) is 2.99. The molecule has 4 rings (SSSR count). The van der Waals surface area contributed by atoms with Crippen LogP contribution in [-0.2, 0) is 12.8 Å². The van der Waals surface area contributed by atoms with Gasteiger partial charge in [-0.3, -0.25) is 0 Å². The van der Waals surface area contributed by atoms with E-state index in [1.54, 1.807) is 0 Å². The number of hydrogen-bond donors (Lipinski definition) is 2. The van der Waals surface area contributed by atoms with E-state index < -0.39 is 6.03 Å². The third kappa shape index (κ3) is 2.80. The maximum absolute atomic E-state index is 11.9. The predicted molar refractivity (Wildman–Crippen MR) is 94.3 cm³/mol. The van der Waals surface area contributed by atoms with E-state index in [9.17, 15) is 4.79 Å². The zero-order valence-corrected chi connectivity index (χ0v) is 13.2. The molecule has 2 amide bonds. The van der Waals surface area contributed by atoms with E-state index in [2.05, 4.69) is 33.2 Å². The van der Waals surface area contributed by atoms with E-state index in [4.69, 9.17) is 0 Å². The van der Waals surface area contributed by atoms with Crippen molar-refractivity contribution >= 4 is 17.5 Å². The number of urea groups is 1. The van der Waals surface area contributed by atoms with Crippen molar-refractivity contribution in [1.29, 1.82) is 0 Å². The fourth-order valence-electron chi connectivity index (χ4n) is 3.31. The van der Waals surface area contributed by atoms with E-state index >= 15 is 0 Å². The molecule has 0 aromatic heterocycles. The lowest BCUT2D eigenvalue weighted by Gasteiger charge is -2.03. The van der Waals surface area contributed by atoms with Crippen molar-refractivity contribution in [3.05, 3.63) is 70.8 Å². The first kappa shape index (κ1) is 14.6. The molecule has 120 valence electrons. The van der Waals surface area contributed by atoms with E-state index in [1.165, 1.54) is 11.1 Å². The lowest BCUT2D eigenvalue weighted by Crippen LogP contribution is -2.30. The largest absolute Gasteiger partial charge is 0.355 e. The van der Waals surface area contributed by atoms with Crippen molar-refractivity contribution in [1.82, 2.24) is 10.9 Å². The number of amides is 2. The Morgan fingerprint density at radius 1 is 0.708 bits per heavy atom. The molecule has 0 saturated carbocycles. The summed E-state index contributed by atoms with van der Waals surface area (Å²) < 4.78 is 0. The van der Waals surface area contributed by atoms with Gasteiger partial charge in [0, 0.05) is 11.1 Å².